The molecule has 1 aromatic heterocycles. The van der Waals surface area contributed by atoms with Crippen LogP contribution in [0.4, 0.5) is 0 Å². The molecule has 0 atom stereocenters. The molecule has 80 valence electrons. The molecule has 0 fully saturated rings. The summed E-state index contributed by atoms with van der Waals surface area (Å²) in [7, 11) is 0. The fraction of sp³-hybridized carbons (Fsp3) is 0.700. The molecule has 0 unspecified atom stereocenters. The lowest BCUT2D eigenvalue weighted by Crippen LogP contribution is -2.23. The van der Waals surface area contributed by atoms with E-state index in [9.17, 15) is 0 Å². The maximum absolute atomic E-state index is 3.90. The van der Waals surface area contributed by atoms with Gasteiger partial charge in [0.15, 0.2) is 0 Å². The first-order valence-corrected chi connectivity index (χ1v) is 5.33. The van der Waals surface area contributed by atoms with E-state index in [0.29, 0.717) is 0 Å². The van der Waals surface area contributed by atoms with E-state index in [2.05, 4.69) is 27.8 Å². The normalized spacial score (nSPS) is 10.6. The van der Waals surface area contributed by atoms with Crippen molar-refractivity contribution in [2.24, 2.45) is 0 Å². The molecule has 0 aromatic carbocycles. The summed E-state index contributed by atoms with van der Waals surface area (Å²) in [5.41, 5.74) is 1.20. The van der Waals surface area contributed by atoms with E-state index in [-0.39, 0.29) is 0 Å². The molecule has 0 saturated carbocycles. The molecule has 0 radical (unpaired) electrons. The number of nitrogens with zero attached hydrogens (tertiary/aromatic N) is 1. The Labute approximate surface area is 85.5 Å². The summed E-state index contributed by atoms with van der Waals surface area (Å²) in [5, 5.41) is 13.5. The summed E-state index contributed by atoms with van der Waals surface area (Å²) in [6.07, 6.45) is 4.01. The lowest BCUT2D eigenvalue weighted by molar-refractivity contribution is 0.604. The molecule has 0 spiro atoms. The third-order valence-electron chi connectivity index (χ3n) is 2.09. The van der Waals surface area contributed by atoms with E-state index in [0.717, 1.165) is 32.6 Å². The monoisotopic (exact) mass is 196 g/mol. The Kier molecular flexibility index (Phi) is 6.02. The molecule has 0 aliphatic heterocycles. The first-order valence-electron chi connectivity index (χ1n) is 5.33. The summed E-state index contributed by atoms with van der Waals surface area (Å²) < 4.78 is 0. The summed E-state index contributed by atoms with van der Waals surface area (Å²) in [4.78, 5) is 0. The molecule has 4 nitrogen and oxygen atoms in total. The highest BCUT2D eigenvalue weighted by Gasteiger charge is 1.92. The van der Waals surface area contributed by atoms with E-state index in [4.69, 9.17) is 0 Å². The summed E-state index contributed by atoms with van der Waals surface area (Å²) >= 11 is 0. The number of aromatic nitrogens is 2. The van der Waals surface area contributed by atoms with E-state index in [1.165, 1.54) is 12.1 Å². The predicted molar refractivity (Wildman–Crippen MR) is 58.3 cm³/mol. The quantitative estimate of drug-likeness (QED) is 0.532. The first-order chi connectivity index (χ1) is 6.93. The average molecular weight is 196 g/mol. The molecular weight excluding hydrogens is 176 g/mol. The molecule has 0 amide bonds. The number of H-pyrrole nitrogens is 1. The van der Waals surface area contributed by atoms with Gasteiger partial charge in [-0.05, 0) is 32.1 Å². The van der Waals surface area contributed by atoms with Crippen molar-refractivity contribution < 1.29 is 0 Å². The number of aromatic amines is 1. The van der Waals surface area contributed by atoms with Crippen molar-refractivity contribution in [2.75, 3.05) is 26.2 Å². The van der Waals surface area contributed by atoms with Crippen molar-refractivity contribution in [3.8, 4) is 0 Å². The van der Waals surface area contributed by atoms with E-state index in [1.807, 2.05) is 6.07 Å². The van der Waals surface area contributed by atoms with Gasteiger partial charge in [-0.15, -0.1) is 0 Å². The van der Waals surface area contributed by atoms with Crippen LogP contribution < -0.4 is 10.6 Å². The van der Waals surface area contributed by atoms with E-state index >= 15 is 0 Å². The van der Waals surface area contributed by atoms with Gasteiger partial charge in [-0.1, -0.05) is 6.92 Å². The van der Waals surface area contributed by atoms with Gasteiger partial charge in [0, 0.05) is 24.9 Å². The third kappa shape index (κ3) is 4.99. The van der Waals surface area contributed by atoms with Crippen LogP contribution in [0.25, 0.3) is 0 Å². The van der Waals surface area contributed by atoms with Gasteiger partial charge in [-0.3, -0.25) is 5.10 Å². The largest absolute Gasteiger partial charge is 0.317 e. The molecule has 0 saturated heterocycles. The van der Waals surface area contributed by atoms with Gasteiger partial charge in [0.05, 0.1) is 0 Å². The maximum atomic E-state index is 3.90. The molecule has 1 heterocycles. The second-order valence-electron chi connectivity index (χ2n) is 3.29. The van der Waals surface area contributed by atoms with Crippen molar-refractivity contribution in [1.82, 2.24) is 20.8 Å². The third-order valence-corrected chi connectivity index (χ3v) is 2.09. The molecule has 3 N–H and O–H groups in total. The Morgan fingerprint density at radius 2 is 2.14 bits per heavy atom. The number of hydrogen-bond acceptors (Lipinski definition) is 3. The molecular formula is C10H20N4. The van der Waals surface area contributed by atoms with Crippen molar-refractivity contribution in [1.29, 1.82) is 0 Å². The van der Waals surface area contributed by atoms with Crippen LogP contribution in [-0.4, -0.2) is 36.4 Å². The van der Waals surface area contributed by atoms with Gasteiger partial charge in [-0.25, -0.2) is 0 Å². The van der Waals surface area contributed by atoms with Crippen molar-refractivity contribution >= 4 is 0 Å². The maximum Gasteiger partial charge on any atom is 0.0490 e. The molecule has 4 heteroatoms. The van der Waals surface area contributed by atoms with Gasteiger partial charge in [0.2, 0.25) is 0 Å². The minimum atomic E-state index is 1.02. The van der Waals surface area contributed by atoms with Crippen LogP contribution in [0.1, 0.15) is 19.0 Å². The van der Waals surface area contributed by atoms with Crippen LogP contribution in [0.5, 0.6) is 0 Å². The fourth-order valence-corrected chi connectivity index (χ4v) is 1.29. The van der Waals surface area contributed by atoms with Crippen molar-refractivity contribution in [2.45, 2.75) is 19.8 Å². The highest BCUT2D eigenvalue weighted by atomic mass is 15.1. The molecule has 1 rings (SSSR count). The second-order valence-corrected chi connectivity index (χ2v) is 3.29. The first kappa shape index (κ1) is 11.2. The van der Waals surface area contributed by atoms with Gasteiger partial charge in [0.25, 0.3) is 0 Å². The summed E-state index contributed by atoms with van der Waals surface area (Å²) in [5.74, 6) is 0. The van der Waals surface area contributed by atoms with Crippen molar-refractivity contribution in [3.63, 3.8) is 0 Å². The lowest BCUT2D eigenvalue weighted by atomic mass is 10.3. The van der Waals surface area contributed by atoms with Crippen LogP contribution in [0.3, 0.4) is 0 Å². The van der Waals surface area contributed by atoms with Crippen LogP contribution in [0.15, 0.2) is 12.3 Å². The zero-order valence-electron chi connectivity index (χ0n) is 8.84. The molecule has 0 aliphatic carbocycles. The average Bonchev–Trinajstić information content (AvgIpc) is 2.69. The highest BCUT2D eigenvalue weighted by molar-refractivity contribution is 4.97. The van der Waals surface area contributed by atoms with Gasteiger partial charge < -0.3 is 10.6 Å². The molecule has 0 aliphatic rings. The van der Waals surface area contributed by atoms with Crippen LogP contribution in [-0.2, 0) is 6.42 Å². The Bertz CT molecular complexity index is 208. The number of hydrogen-bond donors (Lipinski definition) is 3. The summed E-state index contributed by atoms with van der Waals surface area (Å²) in [6.45, 7) is 6.41. The minimum Gasteiger partial charge on any atom is -0.317 e. The molecule has 14 heavy (non-hydrogen) atoms. The van der Waals surface area contributed by atoms with Crippen molar-refractivity contribution in [3.05, 3.63) is 18.0 Å². The van der Waals surface area contributed by atoms with Gasteiger partial charge in [0.1, 0.15) is 0 Å². The van der Waals surface area contributed by atoms with E-state index < -0.39 is 0 Å². The summed E-state index contributed by atoms with van der Waals surface area (Å²) in [6, 6.07) is 2.01. The Morgan fingerprint density at radius 3 is 2.86 bits per heavy atom. The SMILES string of the molecule is CCNCCCNCCc1ccn[nH]1. The number of rotatable bonds is 8. The standard InChI is InChI=1S/C10H20N4/c1-2-11-6-3-7-12-8-4-10-5-9-13-14-10/h5,9,11-12H,2-4,6-8H2,1H3,(H,13,14). The van der Waals surface area contributed by atoms with Crippen LogP contribution in [0.2, 0.25) is 0 Å². The highest BCUT2D eigenvalue weighted by Crippen LogP contribution is 1.90. The Balaban J connectivity index is 1.85. The zero-order chi connectivity index (χ0) is 10.1. The Morgan fingerprint density at radius 1 is 1.29 bits per heavy atom. The molecule has 1 aromatic rings. The minimum absolute atomic E-state index is 1.02. The lowest BCUT2D eigenvalue weighted by Gasteiger charge is -2.03. The van der Waals surface area contributed by atoms with Gasteiger partial charge >= 0.3 is 0 Å². The van der Waals surface area contributed by atoms with Crippen LogP contribution >= 0.6 is 0 Å². The van der Waals surface area contributed by atoms with Gasteiger partial charge in [-0.2, -0.15) is 5.10 Å². The Hall–Kier alpha value is -0.870. The topological polar surface area (TPSA) is 52.7 Å². The molecule has 0 bridgehead atoms. The fourth-order valence-electron chi connectivity index (χ4n) is 1.29. The van der Waals surface area contributed by atoms with Crippen LogP contribution in [0, 0.1) is 0 Å². The zero-order valence-corrected chi connectivity index (χ0v) is 8.84. The number of nitrogens with one attached hydrogen (secondary N) is 3. The smallest absolute Gasteiger partial charge is 0.0490 e. The predicted octanol–water partition coefficient (Wildman–Crippen LogP) is 0.541. The van der Waals surface area contributed by atoms with E-state index in [1.54, 1.807) is 6.20 Å². The second kappa shape index (κ2) is 7.53.